The average molecular weight is 406 g/mol. The fourth-order valence-electron chi connectivity index (χ4n) is 3.82. The van der Waals surface area contributed by atoms with Crippen LogP contribution in [-0.2, 0) is 24.2 Å². The molecule has 1 heterocycles. The molecule has 146 valence electrons. The molecule has 0 saturated carbocycles. The van der Waals surface area contributed by atoms with E-state index >= 15 is 0 Å². The van der Waals surface area contributed by atoms with Gasteiger partial charge in [-0.25, -0.2) is 4.79 Å². The number of rotatable bonds is 2. The van der Waals surface area contributed by atoms with Crippen LogP contribution in [0, 0.1) is 0 Å². The number of benzene rings is 3. The van der Waals surface area contributed by atoms with Crippen molar-refractivity contribution in [2.45, 2.75) is 26.3 Å². The summed E-state index contributed by atoms with van der Waals surface area (Å²) >= 11 is 6.19. The number of aromatic carboxylic acids is 1. The van der Waals surface area contributed by atoms with E-state index in [2.05, 4.69) is 12.1 Å². The second-order valence-electron chi connectivity index (χ2n) is 7.24. The molecule has 0 spiro atoms. The van der Waals surface area contributed by atoms with E-state index in [9.17, 15) is 9.59 Å². The molecule has 4 nitrogen and oxygen atoms in total. The standard InChI is InChI=1S/C24H20ClNO3/c1-15(27)26-14-21-9-7-18(16-2-4-17(5-3-16)24(28)29)12-19(21)6-8-20-13-22(25)10-11-23(20)26/h2-5,7,9-13H,6,8,14H2,1H3,(H,28,29). The zero-order chi connectivity index (χ0) is 20.5. The number of carbonyl (C=O) groups excluding carboxylic acids is 1. The molecule has 0 aliphatic carbocycles. The van der Waals surface area contributed by atoms with Crippen molar-refractivity contribution in [2.75, 3.05) is 4.90 Å². The summed E-state index contributed by atoms with van der Waals surface area (Å²) in [6.45, 7) is 2.09. The van der Waals surface area contributed by atoms with Crippen molar-refractivity contribution in [3.8, 4) is 11.1 Å². The molecule has 0 radical (unpaired) electrons. The first kappa shape index (κ1) is 19.2. The van der Waals surface area contributed by atoms with Gasteiger partial charge in [0.2, 0.25) is 5.91 Å². The zero-order valence-corrected chi connectivity index (χ0v) is 16.7. The Labute approximate surface area is 174 Å². The number of aryl methyl sites for hydroxylation is 2. The number of carboxylic acid groups (broad SMARTS) is 1. The molecular weight excluding hydrogens is 386 g/mol. The van der Waals surface area contributed by atoms with E-state index in [0.717, 1.165) is 40.8 Å². The molecular formula is C24H20ClNO3. The molecule has 1 aliphatic heterocycles. The van der Waals surface area contributed by atoms with Crippen LogP contribution in [0.15, 0.2) is 60.7 Å². The molecule has 0 saturated heterocycles. The number of anilines is 1. The lowest BCUT2D eigenvalue weighted by Gasteiger charge is -2.28. The minimum Gasteiger partial charge on any atom is -0.478 e. The Morgan fingerprint density at radius 2 is 1.55 bits per heavy atom. The van der Waals surface area contributed by atoms with Gasteiger partial charge in [0, 0.05) is 17.6 Å². The van der Waals surface area contributed by atoms with Gasteiger partial charge in [0.1, 0.15) is 0 Å². The summed E-state index contributed by atoms with van der Waals surface area (Å²) in [5, 5.41) is 9.76. The highest BCUT2D eigenvalue weighted by molar-refractivity contribution is 6.30. The van der Waals surface area contributed by atoms with E-state index in [1.807, 2.05) is 36.4 Å². The van der Waals surface area contributed by atoms with Crippen molar-refractivity contribution < 1.29 is 14.7 Å². The van der Waals surface area contributed by atoms with Gasteiger partial charge in [-0.15, -0.1) is 0 Å². The van der Waals surface area contributed by atoms with Crippen molar-refractivity contribution in [1.82, 2.24) is 0 Å². The molecule has 4 rings (SSSR count). The molecule has 5 heteroatoms. The fraction of sp³-hybridized carbons (Fsp3) is 0.167. The van der Waals surface area contributed by atoms with Gasteiger partial charge in [-0.05, 0) is 71.0 Å². The third-order valence-electron chi connectivity index (χ3n) is 5.38. The van der Waals surface area contributed by atoms with Crippen LogP contribution in [-0.4, -0.2) is 17.0 Å². The highest BCUT2D eigenvalue weighted by Crippen LogP contribution is 2.32. The summed E-state index contributed by atoms with van der Waals surface area (Å²) in [6.07, 6.45) is 1.63. The van der Waals surface area contributed by atoms with Crippen molar-refractivity contribution >= 4 is 29.2 Å². The Balaban J connectivity index is 1.72. The lowest BCUT2D eigenvalue weighted by atomic mass is 9.92. The van der Waals surface area contributed by atoms with Crippen molar-refractivity contribution in [2.24, 2.45) is 0 Å². The van der Waals surface area contributed by atoms with Crippen LogP contribution in [0.4, 0.5) is 5.69 Å². The van der Waals surface area contributed by atoms with Crippen LogP contribution in [0.3, 0.4) is 0 Å². The van der Waals surface area contributed by atoms with Gasteiger partial charge in [-0.1, -0.05) is 41.9 Å². The van der Waals surface area contributed by atoms with E-state index in [1.54, 1.807) is 24.0 Å². The maximum atomic E-state index is 12.3. The minimum absolute atomic E-state index is 0.00485. The number of fused-ring (bicyclic) bond motifs is 2. The number of nitrogens with zero attached hydrogens (tertiary/aromatic N) is 1. The average Bonchev–Trinajstić information content (AvgIpc) is 2.69. The van der Waals surface area contributed by atoms with Gasteiger partial charge in [-0.2, -0.15) is 0 Å². The molecule has 0 fully saturated rings. The normalized spacial score (nSPS) is 13.1. The predicted molar refractivity (Wildman–Crippen MR) is 115 cm³/mol. The monoisotopic (exact) mass is 405 g/mol. The topological polar surface area (TPSA) is 57.6 Å². The van der Waals surface area contributed by atoms with Crippen LogP contribution in [0.2, 0.25) is 5.02 Å². The first-order valence-corrected chi connectivity index (χ1v) is 9.82. The van der Waals surface area contributed by atoms with Gasteiger partial charge in [0.05, 0.1) is 12.1 Å². The molecule has 1 N–H and O–H groups in total. The van der Waals surface area contributed by atoms with E-state index < -0.39 is 5.97 Å². The summed E-state index contributed by atoms with van der Waals surface area (Å²) in [6, 6.07) is 18.8. The van der Waals surface area contributed by atoms with E-state index in [1.165, 1.54) is 5.56 Å². The van der Waals surface area contributed by atoms with Crippen LogP contribution in [0.5, 0.6) is 0 Å². The second-order valence-corrected chi connectivity index (χ2v) is 7.68. The molecule has 1 amide bonds. The lowest BCUT2D eigenvalue weighted by Crippen LogP contribution is -2.30. The maximum Gasteiger partial charge on any atom is 0.335 e. The van der Waals surface area contributed by atoms with Gasteiger partial charge < -0.3 is 10.0 Å². The number of hydrogen-bond acceptors (Lipinski definition) is 2. The minimum atomic E-state index is -0.934. The van der Waals surface area contributed by atoms with Crippen LogP contribution in [0.1, 0.15) is 34.0 Å². The maximum absolute atomic E-state index is 12.3. The Hall–Kier alpha value is -3.11. The highest BCUT2D eigenvalue weighted by atomic mass is 35.5. The Bertz CT molecular complexity index is 1110. The molecule has 0 bridgehead atoms. The quantitative estimate of drug-likeness (QED) is 0.624. The largest absolute Gasteiger partial charge is 0.478 e. The van der Waals surface area contributed by atoms with Crippen LogP contribution in [0.25, 0.3) is 11.1 Å². The van der Waals surface area contributed by atoms with Crippen molar-refractivity contribution in [3.63, 3.8) is 0 Å². The molecule has 0 aromatic heterocycles. The summed E-state index contributed by atoms with van der Waals surface area (Å²) < 4.78 is 0. The number of halogens is 1. The van der Waals surface area contributed by atoms with Crippen LogP contribution < -0.4 is 4.90 Å². The van der Waals surface area contributed by atoms with E-state index in [-0.39, 0.29) is 11.5 Å². The number of hydrogen-bond donors (Lipinski definition) is 1. The van der Waals surface area contributed by atoms with E-state index in [0.29, 0.717) is 11.6 Å². The van der Waals surface area contributed by atoms with Crippen molar-refractivity contribution in [1.29, 1.82) is 0 Å². The first-order valence-electron chi connectivity index (χ1n) is 9.44. The number of amides is 1. The number of carboxylic acids is 1. The third-order valence-corrected chi connectivity index (χ3v) is 5.61. The summed E-state index contributed by atoms with van der Waals surface area (Å²) in [5.41, 5.74) is 6.54. The number of carbonyl (C=O) groups is 2. The zero-order valence-electron chi connectivity index (χ0n) is 16.0. The van der Waals surface area contributed by atoms with Gasteiger partial charge >= 0.3 is 5.97 Å². The van der Waals surface area contributed by atoms with Gasteiger partial charge in [0.25, 0.3) is 0 Å². The molecule has 1 aliphatic rings. The Morgan fingerprint density at radius 1 is 0.862 bits per heavy atom. The predicted octanol–water partition coefficient (Wildman–Crippen LogP) is 5.36. The third kappa shape index (κ3) is 3.89. The second kappa shape index (κ2) is 7.72. The Kier molecular flexibility index (Phi) is 5.12. The smallest absolute Gasteiger partial charge is 0.335 e. The highest BCUT2D eigenvalue weighted by Gasteiger charge is 2.21. The summed E-state index contributed by atoms with van der Waals surface area (Å²) in [7, 11) is 0. The Morgan fingerprint density at radius 3 is 2.24 bits per heavy atom. The molecule has 29 heavy (non-hydrogen) atoms. The van der Waals surface area contributed by atoms with Gasteiger partial charge in [-0.3, -0.25) is 4.79 Å². The van der Waals surface area contributed by atoms with E-state index in [4.69, 9.17) is 16.7 Å². The summed E-state index contributed by atoms with van der Waals surface area (Å²) in [5.74, 6) is -0.939. The van der Waals surface area contributed by atoms with Crippen LogP contribution >= 0.6 is 11.6 Å². The molecule has 3 aromatic carbocycles. The molecule has 0 atom stereocenters. The first-order chi connectivity index (χ1) is 13.9. The van der Waals surface area contributed by atoms with Crippen molar-refractivity contribution in [3.05, 3.63) is 87.9 Å². The van der Waals surface area contributed by atoms with Gasteiger partial charge in [0.15, 0.2) is 0 Å². The SMILES string of the molecule is CC(=O)N1Cc2ccc(-c3ccc(C(=O)O)cc3)cc2CCc2cc(Cl)ccc21. The fourth-order valence-corrected chi connectivity index (χ4v) is 4.02. The lowest BCUT2D eigenvalue weighted by molar-refractivity contribution is -0.116. The molecule has 3 aromatic rings. The summed E-state index contributed by atoms with van der Waals surface area (Å²) in [4.78, 5) is 25.2. The molecule has 0 unspecified atom stereocenters.